The van der Waals surface area contributed by atoms with Gasteiger partial charge in [-0.15, -0.1) is 0 Å². The molecule has 3 nitrogen and oxygen atoms in total. The Hall–Kier alpha value is -2.57. The van der Waals surface area contributed by atoms with Crippen LogP contribution in [0.4, 0.5) is 5.69 Å². The zero-order valence-electron chi connectivity index (χ0n) is 13.9. The first kappa shape index (κ1) is 17.8. The second kappa shape index (κ2) is 7.81. The van der Waals surface area contributed by atoms with Crippen LogP contribution < -0.4 is 5.32 Å². The number of carbonyl (C=O) groups is 1. The number of benzene rings is 2. The topological polar surface area (TPSA) is 52.9 Å². The Balaban J connectivity index is 2.20. The second-order valence-corrected chi connectivity index (χ2v) is 6.34. The molecular formula is C20H19ClN2O. The van der Waals surface area contributed by atoms with E-state index in [4.69, 9.17) is 11.6 Å². The van der Waals surface area contributed by atoms with Gasteiger partial charge in [0, 0.05) is 10.7 Å². The van der Waals surface area contributed by atoms with E-state index in [0.717, 1.165) is 11.1 Å². The fourth-order valence-corrected chi connectivity index (χ4v) is 2.48. The van der Waals surface area contributed by atoms with Gasteiger partial charge in [-0.1, -0.05) is 49.7 Å². The van der Waals surface area contributed by atoms with Gasteiger partial charge in [0.1, 0.15) is 11.6 Å². The van der Waals surface area contributed by atoms with E-state index in [1.165, 1.54) is 5.56 Å². The smallest absolute Gasteiger partial charge is 0.266 e. The number of nitrogens with zero attached hydrogens (tertiary/aromatic N) is 1. The van der Waals surface area contributed by atoms with Crippen LogP contribution in [0.5, 0.6) is 0 Å². The van der Waals surface area contributed by atoms with E-state index in [9.17, 15) is 10.1 Å². The Morgan fingerprint density at radius 3 is 2.42 bits per heavy atom. The molecule has 4 heteroatoms. The summed E-state index contributed by atoms with van der Waals surface area (Å²) < 4.78 is 0. The number of nitrogens with one attached hydrogen (secondary N) is 1. The third-order valence-electron chi connectivity index (χ3n) is 3.72. The van der Waals surface area contributed by atoms with E-state index in [1.807, 2.05) is 37.3 Å². The van der Waals surface area contributed by atoms with Gasteiger partial charge in [0.05, 0.1) is 0 Å². The zero-order valence-corrected chi connectivity index (χ0v) is 14.7. The van der Waals surface area contributed by atoms with Gasteiger partial charge in [-0.3, -0.25) is 4.79 Å². The Morgan fingerprint density at radius 1 is 1.21 bits per heavy atom. The highest BCUT2D eigenvalue weighted by Crippen LogP contribution is 2.21. The fourth-order valence-electron chi connectivity index (χ4n) is 2.25. The molecule has 0 unspecified atom stereocenters. The number of aryl methyl sites for hydroxylation is 1. The molecule has 0 bridgehead atoms. The second-order valence-electron chi connectivity index (χ2n) is 5.90. The highest BCUT2D eigenvalue weighted by Gasteiger charge is 2.11. The van der Waals surface area contributed by atoms with E-state index in [2.05, 4.69) is 19.2 Å². The predicted molar refractivity (Wildman–Crippen MR) is 98.9 cm³/mol. The number of halogens is 1. The van der Waals surface area contributed by atoms with Crippen molar-refractivity contribution in [1.82, 2.24) is 0 Å². The van der Waals surface area contributed by atoms with Crippen LogP contribution in [0.15, 0.2) is 48.0 Å². The molecule has 0 aromatic heterocycles. The molecule has 0 fully saturated rings. The van der Waals surface area contributed by atoms with E-state index in [1.54, 1.807) is 24.3 Å². The van der Waals surface area contributed by atoms with Crippen LogP contribution in [-0.2, 0) is 4.79 Å². The van der Waals surface area contributed by atoms with Gasteiger partial charge < -0.3 is 5.32 Å². The van der Waals surface area contributed by atoms with Crippen molar-refractivity contribution < 1.29 is 4.79 Å². The van der Waals surface area contributed by atoms with E-state index in [0.29, 0.717) is 16.6 Å². The molecule has 2 rings (SSSR count). The van der Waals surface area contributed by atoms with Gasteiger partial charge in [0.15, 0.2) is 0 Å². The maximum atomic E-state index is 12.3. The van der Waals surface area contributed by atoms with Crippen LogP contribution in [0.1, 0.15) is 36.5 Å². The van der Waals surface area contributed by atoms with Crippen LogP contribution in [0.25, 0.3) is 6.08 Å². The first-order chi connectivity index (χ1) is 11.4. The lowest BCUT2D eigenvalue weighted by Gasteiger charge is -2.08. The molecule has 24 heavy (non-hydrogen) atoms. The van der Waals surface area contributed by atoms with Crippen molar-refractivity contribution in [2.45, 2.75) is 26.7 Å². The van der Waals surface area contributed by atoms with Gasteiger partial charge in [0.2, 0.25) is 0 Å². The SMILES string of the molecule is Cc1cc(Cl)ccc1NC(=O)/C(C#N)=C/c1ccc(C(C)C)cc1. The number of carbonyl (C=O) groups excluding carboxylic acids is 1. The molecule has 2 aromatic carbocycles. The molecule has 0 saturated heterocycles. The Kier molecular flexibility index (Phi) is 5.78. The van der Waals surface area contributed by atoms with Crippen LogP contribution >= 0.6 is 11.6 Å². The maximum Gasteiger partial charge on any atom is 0.266 e. The summed E-state index contributed by atoms with van der Waals surface area (Å²) in [5.41, 5.74) is 3.57. The normalized spacial score (nSPS) is 11.2. The lowest BCUT2D eigenvalue weighted by molar-refractivity contribution is -0.112. The van der Waals surface area contributed by atoms with Crippen molar-refractivity contribution in [3.63, 3.8) is 0 Å². The summed E-state index contributed by atoms with van der Waals surface area (Å²) in [6.07, 6.45) is 1.59. The van der Waals surface area contributed by atoms with Gasteiger partial charge in [0.25, 0.3) is 5.91 Å². The molecule has 1 amide bonds. The molecule has 0 heterocycles. The number of rotatable bonds is 4. The molecule has 0 aliphatic carbocycles. The molecule has 0 atom stereocenters. The monoisotopic (exact) mass is 338 g/mol. The number of anilines is 1. The molecular weight excluding hydrogens is 320 g/mol. The van der Waals surface area contributed by atoms with Crippen LogP contribution in [0.2, 0.25) is 5.02 Å². The van der Waals surface area contributed by atoms with E-state index >= 15 is 0 Å². The standard InChI is InChI=1S/C20H19ClN2O/c1-13(2)16-6-4-15(5-7-16)11-17(12-22)20(24)23-19-9-8-18(21)10-14(19)3/h4-11,13H,1-3H3,(H,23,24)/b17-11+. The molecule has 0 aliphatic rings. The average Bonchev–Trinajstić information content (AvgIpc) is 2.55. The Morgan fingerprint density at radius 2 is 1.88 bits per heavy atom. The highest BCUT2D eigenvalue weighted by molar-refractivity contribution is 6.30. The van der Waals surface area contributed by atoms with Crippen molar-refractivity contribution >= 4 is 29.3 Å². The summed E-state index contributed by atoms with van der Waals surface area (Å²) >= 11 is 5.91. The molecule has 122 valence electrons. The predicted octanol–water partition coefficient (Wildman–Crippen LogP) is 5.32. The van der Waals surface area contributed by atoms with Crippen molar-refractivity contribution in [1.29, 1.82) is 5.26 Å². The van der Waals surface area contributed by atoms with Gasteiger partial charge in [-0.2, -0.15) is 5.26 Å². The lowest BCUT2D eigenvalue weighted by Crippen LogP contribution is -2.14. The van der Waals surface area contributed by atoms with Crippen LogP contribution in [-0.4, -0.2) is 5.91 Å². The number of hydrogen-bond donors (Lipinski definition) is 1. The van der Waals surface area contributed by atoms with Gasteiger partial charge >= 0.3 is 0 Å². The highest BCUT2D eigenvalue weighted by atomic mass is 35.5. The van der Waals surface area contributed by atoms with Gasteiger partial charge in [-0.05, 0) is 53.8 Å². The number of hydrogen-bond acceptors (Lipinski definition) is 2. The number of nitriles is 1. The summed E-state index contributed by atoms with van der Waals surface area (Å²) in [4.78, 5) is 12.3. The molecule has 0 saturated carbocycles. The third-order valence-corrected chi connectivity index (χ3v) is 3.95. The van der Waals surface area contributed by atoms with E-state index < -0.39 is 5.91 Å². The van der Waals surface area contributed by atoms with Crippen molar-refractivity contribution in [2.24, 2.45) is 0 Å². The van der Waals surface area contributed by atoms with Crippen LogP contribution in [0, 0.1) is 18.3 Å². The molecule has 0 aliphatic heterocycles. The third kappa shape index (κ3) is 4.47. The minimum Gasteiger partial charge on any atom is -0.321 e. The first-order valence-electron chi connectivity index (χ1n) is 7.70. The zero-order chi connectivity index (χ0) is 17.7. The molecule has 2 aromatic rings. The minimum atomic E-state index is -0.434. The largest absolute Gasteiger partial charge is 0.321 e. The first-order valence-corrected chi connectivity index (χ1v) is 8.07. The Bertz CT molecular complexity index is 815. The van der Waals surface area contributed by atoms with Crippen LogP contribution in [0.3, 0.4) is 0 Å². The van der Waals surface area contributed by atoms with Crippen molar-refractivity contribution in [3.8, 4) is 6.07 Å². The molecule has 0 spiro atoms. The summed E-state index contributed by atoms with van der Waals surface area (Å²) in [5.74, 6) is 0.00510. The summed E-state index contributed by atoms with van der Waals surface area (Å²) in [5, 5.41) is 12.6. The number of amides is 1. The summed E-state index contributed by atoms with van der Waals surface area (Å²) in [7, 11) is 0. The van der Waals surface area contributed by atoms with E-state index in [-0.39, 0.29) is 5.57 Å². The van der Waals surface area contributed by atoms with Crippen molar-refractivity contribution in [2.75, 3.05) is 5.32 Å². The average molecular weight is 339 g/mol. The summed E-state index contributed by atoms with van der Waals surface area (Å²) in [6, 6.07) is 15.0. The Labute approximate surface area is 147 Å². The van der Waals surface area contributed by atoms with Gasteiger partial charge in [-0.25, -0.2) is 0 Å². The maximum absolute atomic E-state index is 12.3. The van der Waals surface area contributed by atoms with Crippen molar-refractivity contribution in [3.05, 3.63) is 69.8 Å². The summed E-state index contributed by atoms with van der Waals surface area (Å²) in [6.45, 7) is 6.09. The minimum absolute atomic E-state index is 0.0571. The lowest BCUT2D eigenvalue weighted by atomic mass is 10.0. The quantitative estimate of drug-likeness (QED) is 0.606. The fraction of sp³-hybridized carbons (Fsp3) is 0.200. The molecule has 0 radical (unpaired) electrons. The molecule has 1 N–H and O–H groups in total.